The quantitative estimate of drug-likeness (QED) is 0.741. The van der Waals surface area contributed by atoms with Crippen molar-refractivity contribution in [1.29, 1.82) is 0 Å². The maximum absolute atomic E-state index is 5.89. The fourth-order valence-corrected chi connectivity index (χ4v) is 2.63. The van der Waals surface area contributed by atoms with Crippen LogP contribution in [0.4, 0.5) is 5.69 Å². The van der Waals surface area contributed by atoms with Gasteiger partial charge in [-0.25, -0.2) is 9.97 Å². The summed E-state index contributed by atoms with van der Waals surface area (Å²) in [6, 6.07) is 9.80. The van der Waals surface area contributed by atoms with E-state index in [0.29, 0.717) is 12.5 Å². The lowest BCUT2D eigenvalue weighted by atomic mass is 10.1. The van der Waals surface area contributed by atoms with Gasteiger partial charge < -0.3 is 10.5 Å². The van der Waals surface area contributed by atoms with Crippen LogP contribution in [0.15, 0.2) is 42.0 Å². The van der Waals surface area contributed by atoms with E-state index < -0.39 is 0 Å². The first kappa shape index (κ1) is 11.9. The molecule has 0 saturated heterocycles. The molecule has 19 heavy (non-hydrogen) atoms. The summed E-state index contributed by atoms with van der Waals surface area (Å²) in [6.07, 6.45) is 2.30. The molecule has 0 atom stereocenters. The van der Waals surface area contributed by atoms with Crippen LogP contribution in [-0.4, -0.2) is 16.6 Å². The van der Waals surface area contributed by atoms with Crippen LogP contribution < -0.4 is 10.5 Å². The predicted octanol–water partition coefficient (Wildman–Crippen LogP) is 2.90. The highest BCUT2D eigenvalue weighted by atomic mass is 32.1. The summed E-state index contributed by atoms with van der Waals surface area (Å²) in [6.45, 7) is 0.552. The molecule has 0 amide bonds. The average Bonchev–Trinajstić information content (AvgIpc) is 2.90. The predicted molar refractivity (Wildman–Crippen MR) is 77.5 cm³/mol. The number of fused-ring (bicyclic) bond motifs is 1. The number of nitrogens with zero attached hydrogens (tertiary/aromatic N) is 2. The van der Waals surface area contributed by atoms with Crippen molar-refractivity contribution in [3.05, 3.63) is 47.6 Å². The number of nitrogens with two attached hydrogens (primary N) is 1. The van der Waals surface area contributed by atoms with Crippen LogP contribution in [0.2, 0.25) is 0 Å². The first-order chi connectivity index (χ1) is 9.34. The summed E-state index contributed by atoms with van der Waals surface area (Å²) in [7, 11) is 0. The third-order valence-corrected chi connectivity index (χ3v) is 3.71. The number of anilines is 1. The fourth-order valence-electron chi connectivity index (χ4n) is 1.90. The molecule has 2 N–H and O–H groups in total. The fraction of sp³-hybridized carbons (Fsp3) is 0.143. The van der Waals surface area contributed by atoms with Crippen molar-refractivity contribution < 1.29 is 4.74 Å². The second-order valence-corrected chi connectivity index (χ2v) is 5.01. The van der Waals surface area contributed by atoms with Gasteiger partial charge in [0.05, 0.1) is 12.0 Å². The van der Waals surface area contributed by atoms with Crippen molar-refractivity contribution >= 4 is 27.2 Å². The third-order valence-electron chi connectivity index (χ3n) is 2.89. The van der Waals surface area contributed by atoms with E-state index in [0.717, 1.165) is 27.9 Å². The van der Waals surface area contributed by atoms with Crippen LogP contribution in [-0.2, 0) is 6.42 Å². The van der Waals surface area contributed by atoms with Gasteiger partial charge in [-0.05, 0) is 23.1 Å². The number of para-hydroxylation sites is 1. The summed E-state index contributed by atoms with van der Waals surface area (Å²) in [5.41, 5.74) is 7.79. The van der Waals surface area contributed by atoms with Gasteiger partial charge in [-0.15, -0.1) is 11.3 Å². The molecule has 0 aliphatic heterocycles. The zero-order chi connectivity index (χ0) is 13.1. The zero-order valence-corrected chi connectivity index (χ0v) is 11.1. The smallest absolute Gasteiger partial charge is 0.225 e. The van der Waals surface area contributed by atoms with Gasteiger partial charge in [0.1, 0.15) is 11.2 Å². The van der Waals surface area contributed by atoms with Crippen LogP contribution in [0, 0.1) is 0 Å². The summed E-state index contributed by atoms with van der Waals surface area (Å²) in [5.74, 6) is 0.640. The molecule has 0 aliphatic carbocycles. The number of nitrogen functional groups attached to an aromatic ring is 1. The minimum absolute atomic E-state index is 0.552. The number of benzene rings is 1. The lowest BCUT2D eigenvalue weighted by molar-refractivity contribution is 0.313. The molecule has 3 aromatic rings. The van der Waals surface area contributed by atoms with Gasteiger partial charge in [0, 0.05) is 12.1 Å². The number of hydrogen-bond acceptors (Lipinski definition) is 5. The van der Waals surface area contributed by atoms with E-state index in [-0.39, 0.29) is 0 Å². The first-order valence-corrected chi connectivity index (χ1v) is 6.87. The number of hydrogen-bond donors (Lipinski definition) is 1. The number of ether oxygens (including phenoxy) is 1. The molecular weight excluding hydrogens is 258 g/mol. The first-order valence-electron chi connectivity index (χ1n) is 5.99. The van der Waals surface area contributed by atoms with Gasteiger partial charge in [0.25, 0.3) is 0 Å². The Balaban J connectivity index is 1.70. The Morgan fingerprint density at radius 1 is 1.16 bits per heavy atom. The second-order valence-electron chi connectivity index (χ2n) is 4.12. The Morgan fingerprint density at radius 3 is 2.95 bits per heavy atom. The van der Waals surface area contributed by atoms with E-state index in [1.165, 1.54) is 6.33 Å². The number of aromatic nitrogens is 2. The minimum Gasteiger partial charge on any atom is -0.477 e. The third kappa shape index (κ3) is 2.51. The second kappa shape index (κ2) is 5.24. The van der Waals surface area contributed by atoms with Crippen molar-refractivity contribution in [2.75, 3.05) is 12.3 Å². The van der Waals surface area contributed by atoms with Crippen LogP contribution in [0.1, 0.15) is 5.56 Å². The SMILES string of the molecule is Nc1ccccc1CCOc1ncnc2sccc12. The molecule has 2 heterocycles. The molecular formula is C14H13N3OS. The molecule has 0 unspecified atom stereocenters. The maximum atomic E-state index is 5.89. The Morgan fingerprint density at radius 2 is 2.05 bits per heavy atom. The molecule has 0 bridgehead atoms. The van der Waals surface area contributed by atoms with E-state index in [9.17, 15) is 0 Å². The molecule has 0 saturated carbocycles. The number of rotatable bonds is 4. The molecule has 3 rings (SSSR count). The minimum atomic E-state index is 0.552. The van der Waals surface area contributed by atoms with Crippen LogP contribution in [0.3, 0.4) is 0 Å². The lowest BCUT2D eigenvalue weighted by Gasteiger charge is -2.07. The van der Waals surface area contributed by atoms with Crippen LogP contribution >= 0.6 is 11.3 Å². The summed E-state index contributed by atoms with van der Waals surface area (Å²) in [4.78, 5) is 9.31. The lowest BCUT2D eigenvalue weighted by Crippen LogP contribution is -2.05. The van der Waals surface area contributed by atoms with Crippen molar-refractivity contribution in [2.45, 2.75) is 6.42 Å². The van der Waals surface area contributed by atoms with E-state index in [1.54, 1.807) is 11.3 Å². The molecule has 0 radical (unpaired) electrons. The van der Waals surface area contributed by atoms with Gasteiger partial charge in [-0.1, -0.05) is 18.2 Å². The van der Waals surface area contributed by atoms with E-state index >= 15 is 0 Å². The molecule has 0 aliphatic rings. The highest BCUT2D eigenvalue weighted by Gasteiger charge is 2.06. The molecule has 1 aromatic carbocycles. The standard InChI is InChI=1S/C14H13N3OS/c15-12-4-2-1-3-10(12)5-7-18-13-11-6-8-19-14(11)17-9-16-13/h1-4,6,8-9H,5,7,15H2. The Hall–Kier alpha value is -2.14. The van der Waals surface area contributed by atoms with Gasteiger partial charge in [0.15, 0.2) is 0 Å². The summed E-state index contributed by atoms with van der Waals surface area (Å²) < 4.78 is 5.74. The van der Waals surface area contributed by atoms with Crippen molar-refractivity contribution in [1.82, 2.24) is 9.97 Å². The van der Waals surface area contributed by atoms with Gasteiger partial charge in [0.2, 0.25) is 5.88 Å². The Kier molecular flexibility index (Phi) is 3.29. The molecule has 0 fully saturated rings. The summed E-state index contributed by atoms with van der Waals surface area (Å²) >= 11 is 1.58. The largest absolute Gasteiger partial charge is 0.477 e. The Bertz CT molecular complexity index is 696. The molecule has 96 valence electrons. The molecule has 4 nitrogen and oxygen atoms in total. The van der Waals surface area contributed by atoms with Gasteiger partial charge in [-0.2, -0.15) is 0 Å². The van der Waals surface area contributed by atoms with E-state index in [4.69, 9.17) is 10.5 Å². The molecule has 0 spiro atoms. The highest BCUT2D eigenvalue weighted by Crippen LogP contribution is 2.25. The summed E-state index contributed by atoms with van der Waals surface area (Å²) in [5, 5.41) is 2.95. The van der Waals surface area contributed by atoms with Crippen molar-refractivity contribution in [3.63, 3.8) is 0 Å². The van der Waals surface area contributed by atoms with Crippen LogP contribution in [0.5, 0.6) is 5.88 Å². The van der Waals surface area contributed by atoms with E-state index in [2.05, 4.69) is 9.97 Å². The zero-order valence-electron chi connectivity index (χ0n) is 10.2. The Labute approximate surface area is 114 Å². The van der Waals surface area contributed by atoms with E-state index in [1.807, 2.05) is 35.7 Å². The average molecular weight is 271 g/mol. The molecule has 5 heteroatoms. The van der Waals surface area contributed by atoms with Crippen molar-refractivity contribution in [3.8, 4) is 5.88 Å². The van der Waals surface area contributed by atoms with Crippen LogP contribution in [0.25, 0.3) is 10.2 Å². The maximum Gasteiger partial charge on any atom is 0.225 e. The van der Waals surface area contributed by atoms with Crippen molar-refractivity contribution in [2.24, 2.45) is 0 Å². The van der Waals surface area contributed by atoms with Gasteiger partial charge >= 0.3 is 0 Å². The topological polar surface area (TPSA) is 61.0 Å². The number of thiophene rings is 1. The highest BCUT2D eigenvalue weighted by molar-refractivity contribution is 7.16. The molecule has 2 aromatic heterocycles. The van der Waals surface area contributed by atoms with Gasteiger partial charge in [-0.3, -0.25) is 0 Å². The monoisotopic (exact) mass is 271 g/mol. The normalized spacial score (nSPS) is 10.7.